The van der Waals surface area contributed by atoms with Gasteiger partial charge in [0.05, 0.1) is 5.56 Å². The van der Waals surface area contributed by atoms with E-state index in [2.05, 4.69) is 31.0 Å². The summed E-state index contributed by atoms with van der Waals surface area (Å²) in [5.41, 5.74) is 1.62. The summed E-state index contributed by atoms with van der Waals surface area (Å²) < 4.78 is 0. The van der Waals surface area contributed by atoms with Gasteiger partial charge in [0.25, 0.3) is 5.91 Å². The van der Waals surface area contributed by atoms with Crippen molar-refractivity contribution >= 4 is 22.9 Å². The zero-order valence-electron chi connectivity index (χ0n) is 11.3. The Bertz CT molecular complexity index is 662. The molecule has 1 atom stereocenters. The fourth-order valence-corrected chi connectivity index (χ4v) is 3.39. The van der Waals surface area contributed by atoms with Crippen LogP contribution in [-0.4, -0.2) is 17.4 Å². The highest BCUT2D eigenvalue weighted by atomic mass is 32.1. The Morgan fingerprint density at radius 1 is 1.35 bits per heavy atom. The minimum atomic E-state index is -0.117. The van der Waals surface area contributed by atoms with Crippen LogP contribution in [0.2, 0.25) is 0 Å². The van der Waals surface area contributed by atoms with Gasteiger partial charge in [-0.3, -0.25) is 4.79 Å². The van der Waals surface area contributed by atoms with E-state index in [0.29, 0.717) is 6.54 Å². The molecule has 0 fully saturated rings. The van der Waals surface area contributed by atoms with Crippen LogP contribution in [0.3, 0.4) is 0 Å². The van der Waals surface area contributed by atoms with Crippen molar-refractivity contribution in [1.29, 1.82) is 0 Å². The fourth-order valence-electron chi connectivity index (χ4n) is 2.45. The van der Waals surface area contributed by atoms with Crippen molar-refractivity contribution in [2.75, 3.05) is 11.9 Å². The lowest BCUT2D eigenvalue weighted by Gasteiger charge is -2.36. The molecule has 2 heterocycles. The van der Waals surface area contributed by atoms with Gasteiger partial charge in [-0.1, -0.05) is 18.2 Å². The van der Waals surface area contributed by atoms with Crippen molar-refractivity contribution in [3.05, 3.63) is 64.4 Å². The third-order valence-corrected chi connectivity index (χ3v) is 4.43. The van der Waals surface area contributed by atoms with Crippen LogP contribution in [0.1, 0.15) is 26.3 Å². The molecular weight excluding hydrogens is 268 g/mol. The number of rotatable bonds is 3. The number of benzene rings is 1. The number of para-hydroxylation sites is 1. The summed E-state index contributed by atoms with van der Waals surface area (Å²) in [6.07, 6.45) is 1.65. The average molecular weight is 284 g/mol. The van der Waals surface area contributed by atoms with E-state index in [1.54, 1.807) is 17.4 Å². The standard InChI is InChI=1S/C16H16N2OS/c1-3-10-18-15(14-9-8-11(2)20-14)17-13-7-5-4-6-12(13)16(18)19/h3-9,15,17H,1,10H2,2H3. The van der Waals surface area contributed by atoms with Gasteiger partial charge in [-0.05, 0) is 31.2 Å². The number of carbonyl (C=O) groups excluding carboxylic acids is 1. The van der Waals surface area contributed by atoms with Gasteiger partial charge in [-0.2, -0.15) is 0 Å². The predicted molar refractivity (Wildman–Crippen MR) is 83.1 cm³/mol. The van der Waals surface area contributed by atoms with Gasteiger partial charge in [0.15, 0.2) is 0 Å². The second kappa shape index (κ2) is 5.13. The molecule has 0 spiro atoms. The first-order chi connectivity index (χ1) is 9.70. The first kappa shape index (κ1) is 12.9. The van der Waals surface area contributed by atoms with Gasteiger partial charge in [0.1, 0.15) is 6.17 Å². The van der Waals surface area contributed by atoms with Gasteiger partial charge in [0, 0.05) is 22.0 Å². The Balaban J connectivity index is 2.05. The van der Waals surface area contributed by atoms with Gasteiger partial charge in [0.2, 0.25) is 0 Å². The maximum Gasteiger partial charge on any atom is 0.258 e. The lowest BCUT2D eigenvalue weighted by atomic mass is 10.1. The second-order valence-corrected chi connectivity index (χ2v) is 6.11. The number of anilines is 1. The van der Waals surface area contributed by atoms with Gasteiger partial charge >= 0.3 is 0 Å². The maximum absolute atomic E-state index is 12.6. The molecule has 1 aromatic heterocycles. The van der Waals surface area contributed by atoms with Crippen molar-refractivity contribution in [2.24, 2.45) is 0 Å². The van der Waals surface area contributed by atoms with Crippen molar-refractivity contribution in [2.45, 2.75) is 13.1 Å². The van der Waals surface area contributed by atoms with Crippen molar-refractivity contribution in [3.8, 4) is 0 Å². The molecule has 102 valence electrons. The van der Waals surface area contributed by atoms with Crippen molar-refractivity contribution < 1.29 is 4.79 Å². The number of hydrogen-bond donors (Lipinski definition) is 1. The quantitative estimate of drug-likeness (QED) is 0.869. The molecule has 0 bridgehead atoms. The molecule has 0 aliphatic carbocycles. The number of hydrogen-bond acceptors (Lipinski definition) is 3. The molecule has 1 N–H and O–H groups in total. The molecule has 2 aromatic rings. The molecule has 3 nitrogen and oxygen atoms in total. The third-order valence-electron chi connectivity index (χ3n) is 3.38. The molecule has 0 radical (unpaired) electrons. The SMILES string of the molecule is C=CCN1C(=O)c2ccccc2NC1c1ccc(C)s1. The molecule has 1 aliphatic rings. The van der Waals surface area contributed by atoms with E-state index in [1.165, 1.54) is 4.88 Å². The van der Waals surface area contributed by atoms with E-state index in [9.17, 15) is 4.79 Å². The van der Waals surface area contributed by atoms with E-state index in [-0.39, 0.29) is 12.1 Å². The molecule has 3 rings (SSSR count). The Morgan fingerprint density at radius 2 is 2.15 bits per heavy atom. The first-order valence-electron chi connectivity index (χ1n) is 6.54. The lowest BCUT2D eigenvalue weighted by Crippen LogP contribution is -2.42. The number of carbonyl (C=O) groups is 1. The summed E-state index contributed by atoms with van der Waals surface area (Å²) >= 11 is 1.71. The lowest BCUT2D eigenvalue weighted by molar-refractivity contribution is 0.0710. The number of nitrogens with one attached hydrogen (secondary N) is 1. The minimum Gasteiger partial charge on any atom is -0.360 e. The van der Waals surface area contributed by atoms with Crippen LogP contribution in [0.5, 0.6) is 0 Å². The Labute approximate surface area is 122 Å². The molecule has 1 unspecified atom stereocenters. The average Bonchev–Trinajstić information content (AvgIpc) is 2.88. The van der Waals surface area contributed by atoms with Crippen LogP contribution in [0.25, 0.3) is 0 Å². The molecule has 4 heteroatoms. The highest BCUT2D eigenvalue weighted by molar-refractivity contribution is 7.12. The van der Waals surface area contributed by atoms with E-state index in [0.717, 1.165) is 16.1 Å². The van der Waals surface area contributed by atoms with Crippen LogP contribution in [0, 0.1) is 6.92 Å². The Morgan fingerprint density at radius 3 is 2.85 bits per heavy atom. The van der Waals surface area contributed by atoms with Crippen LogP contribution < -0.4 is 5.32 Å². The van der Waals surface area contributed by atoms with Gasteiger partial charge in [-0.15, -0.1) is 17.9 Å². The Kier molecular flexibility index (Phi) is 3.32. The topological polar surface area (TPSA) is 32.3 Å². The summed E-state index contributed by atoms with van der Waals surface area (Å²) in [6, 6.07) is 11.8. The zero-order valence-corrected chi connectivity index (χ0v) is 12.1. The van der Waals surface area contributed by atoms with Crippen LogP contribution in [0.4, 0.5) is 5.69 Å². The summed E-state index contributed by atoms with van der Waals surface area (Å²) in [5.74, 6) is 0.0512. The number of thiophene rings is 1. The van der Waals surface area contributed by atoms with Gasteiger partial charge in [-0.25, -0.2) is 0 Å². The summed E-state index contributed by atoms with van der Waals surface area (Å²) in [7, 11) is 0. The van der Waals surface area contributed by atoms with Gasteiger partial charge < -0.3 is 10.2 Å². The van der Waals surface area contributed by atoms with Crippen molar-refractivity contribution in [1.82, 2.24) is 4.90 Å². The van der Waals surface area contributed by atoms with E-state index in [4.69, 9.17) is 0 Å². The number of fused-ring (bicyclic) bond motifs is 1. The molecule has 1 aromatic carbocycles. The second-order valence-electron chi connectivity index (χ2n) is 4.79. The smallest absolute Gasteiger partial charge is 0.258 e. The largest absolute Gasteiger partial charge is 0.360 e. The normalized spacial score (nSPS) is 17.6. The molecule has 0 saturated carbocycles. The molecule has 0 saturated heterocycles. The minimum absolute atomic E-state index is 0.0512. The molecular formula is C16H16N2OS. The van der Waals surface area contributed by atoms with E-state index < -0.39 is 0 Å². The van der Waals surface area contributed by atoms with E-state index >= 15 is 0 Å². The molecule has 1 amide bonds. The summed E-state index contributed by atoms with van der Waals surface area (Å²) in [6.45, 7) is 6.36. The van der Waals surface area contributed by atoms with Crippen LogP contribution >= 0.6 is 11.3 Å². The zero-order chi connectivity index (χ0) is 14.1. The predicted octanol–water partition coefficient (Wildman–Crippen LogP) is 3.81. The first-order valence-corrected chi connectivity index (χ1v) is 7.36. The van der Waals surface area contributed by atoms with Crippen LogP contribution in [0.15, 0.2) is 49.1 Å². The molecule has 1 aliphatic heterocycles. The fraction of sp³-hybridized carbons (Fsp3) is 0.188. The highest BCUT2D eigenvalue weighted by Gasteiger charge is 2.32. The van der Waals surface area contributed by atoms with Crippen LogP contribution in [-0.2, 0) is 0 Å². The maximum atomic E-state index is 12.6. The summed E-state index contributed by atoms with van der Waals surface area (Å²) in [5, 5.41) is 3.46. The number of aryl methyl sites for hydroxylation is 1. The highest BCUT2D eigenvalue weighted by Crippen LogP contribution is 2.35. The number of amides is 1. The third kappa shape index (κ3) is 2.12. The van der Waals surface area contributed by atoms with Crippen molar-refractivity contribution in [3.63, 3.8) is 0 Å². The Hall–Kier alpha value is -2.07. The summed E-state index contributed by atoms with van der Waals surface area (Å²) in [4.78, 5) is 16.8. The van der Waals surface area contributed by atoms with E-state index in [1.807, 2.05) is 29.2 Å². The monoisotopic (exact) mass is 284 g/mol. The number of nitrogens with zero attached hydrogens (tertiary/aromatic N) is 1. The molecule has 20 heavy (non-hydrogen) atoms.